The molecule has 1 aromatic carbocycles. The number of carbonyl (C=O) groups excluding carboxylic acids is 1. The second kappa shape index (κ2) is 9.01. The predicted molar refractivity (Wildman–Crippen MR) is 85.5 cm³/mol. The summed E-state index contributed by atoms with van der Waals surface area (Å²) < 4.78 is 0.891. The van der Waals surface area contributed by atoms with Crippen molar-refractivity contribution >= 4 is 51.9 Å². The molecule has 0 aromatic heterocycles. The number of aliphatic hydroxyl groups excluding tert-OH is 1. The van der Waals surface area contributed by atoms with Gasteiger partial charge in [-0.15, -0.1) is 0 Å². The van der Waals surface area contributed by atoms with Crippen LogP contribution in [-0.4, -0.2) is 35.7 Å². The Morgan fingerprint density at radius 3 is 2.94 bits per heavy atom. The minimum Gasteiger partial charge on any atom is -0.396 e. The number of hydrogen-bond acceptors (Lipinski definition) is 3. The number of thioether (sulfide) groups is 1. The molecule has 1 rings (SSSR count). The molecular formula is C12H15ClINO2S. The smallest absolute Gasteiger partial charge is 0.252 e. The molecule has 0 saturated carbocycles. The van der Waals surface area contributed by atoms with E-state index < -0.39 is 0 Å². The average molecular weight is 400 g/mol. The van der Waals surface area contributed by atoms with E-state index in [1.807, 2.05) is 6.07 Å². The molecule has 0 unspecified atom stereocenters. The molecular weight excluding hydrogens is 385 g/mol. The quantitative estimate of drug-likeness (QED) is 0.547. The lowest BCUT2D eigenvalue weighted by Crippen LogP contribution is -2.26. The van der Waals surface area contributed by atoms with Gasteiger partial charge in [0.25, 0.3) is 5.91 Å². The molecule has 18 heavy (non-hydrogen) atoms. The fourth-order valence-electron chi connectivity index (χ4n) is 1.27. The average Bonchev–Trinajstić information content (AvgIpc) is 2.36. The van der Waals surface area contributed by atoms with Crippen molar-refractivity contribution in [2.75, 3.05) is 24.7 Å². The highest BCUT2D eigenvalue weighted by atomic mass is 127. The third-order valence-electron chi connectivity index (χ3n) is 2.15. The number of amides is 1. The topological polar surface area (TPSA) is 49.3 Å². The summed E-state index contributed by atoms with van der Waals surface area (Å²) in [5, 5.41) is 12.0. The molecule has 0 aliphatic heterocycles. The van der Waals surface area contributed by atoms with Crippen molar-refractivity contribution < 1.29 is 9.90 Å². The van der Waals surface area contributed by atoms with Crippen molar-refractivity contribution in [1.29, 1.82) is 0 Å². The summed E-state index contributed by atoms with van der Waals surface area (Å²) in [7, 11) is 0. The number of hydrogen-bond donors (Lipinski definition) is 2. The molecule has 2 N–H and O–H groups in total. The first-order valence-electron chi connectivity index (χ1n) is 5.57. The van der Waals surface area contributed by atoms with Gasteiger partial charge in [-0.3, -0.25) is 4.79 Å². The van der Waals surface area contributed by atoms with Gasteiger partial charge in [0, 0.05) is 27.5 Å². The van der Waals surface area contributed by atoms with E-state index in [1.165, 1.54) is 0 Å². The zero-order chi connectivity index (χ0) is 13.4. The molecule has 1 amide bonds. The Morgan fingerprint density at radius 2 is 2.22 bits per heavy atom. The highest BCUT2D eigenvalue weighted by Gasteiger charge is 2.09. The molecule has 100 valence electrons. The van der Waals surface area contributed by atoms with E-state index >= 15 is 0 Å². The van der Waals surface area contributed by atoms with Gasteiger partial charge in [-0.25, -0.2) is 0 Å². The van der Waals surface area contributed by atoms with Crippen molar-refractivity contribution in [2.45, 2.75) is 6.42 Å². The maximum Gasteiger partial charge on any atom is 0.252 e. The summed E-state index contributed by atoms with van der Waals surface area (Å²) in [6.45, 7) is 0.845. The van der Waals surface area contributed by atoms with Crippen molar-refractivity contribution in [3.8, 4) is 0 Å². The molecule has 0 bridgehead atoms. The summed E-state index contributed by atoms with van der Waals surface area (Å²) in [6.07, 6.45) is 0.796. The first-order valence-corrected chi connectivity index (χ1v) is 8.18. The van der Waals surface area contributed by atoms with Gasteiger partial charge in [0.15, 0.2) is 0 Å². The normalized spacial score (nSPS) is 10.4. The molecule has 0 fully saturated rings. The summed E-state index contributed by atoms with van der Waals surface area (Å²) in [5.74, 6) is 1.67. The first kappa shape index (κ1) is 16.1. The minimum absolute atomic E-state index is 0.0929. The molecule has 0 radical (unpaired) electrons. The van der Waals surface area contributed by atoms with E-state index in [-0.39, 0.29) is 12.5 Å². The van der Waals surface area contributed by atoms with Crippen molar-refractivity contribution in [1.82, 2.24) is 5.32 Å². The van der Waals surface area contributed by atoms with Crippen LogP contribution in [0.4, 0.5) is 0 Å². The van der Waals surface area contributed by atoms with Crippen LogP contribution in [-0.2, 0) is 0 Å². The van der Waals surface area contributed by atoms with Gasteiger partial charge in [-0.05, 0) is 53.0 Å². The van der Waals surface area contributed by atoms with Crippen LogP contribution in [0.25, 0.3) is 0 Å². The van der Waals surface area contributed by atoms with Crippen molar-refractivity contribution in [3.05, 3.63) is 32.4 Å². The number of carbonyl (C=O) groups is 1. The summed E-state index contributed by atoms with van der Waals surface area (Å²) in [4.78, 5) is 11.9. The van der Waals surface area contributed by atoms with Crippen LogP contribution in [0.5, 0.6) is 0 Å². The molecule has 0 aliphatic carbocycles. The molecule has 0 aliphatic rings. The monoisotopic (exact) mass is 399 g/mol. The van der Waals surface area contributed by atoms with E-state index in [1.54, 1.807) is 23.9 Å². The Labute approximate surface area is 130 Å². The number of halogens is 2. The van der Waals surface area contributed by atoms with E-state index in [0.29, 0.717) is 17.1 Å². The molecule has 0 saturated heterocycles. The lowest BCUT2D eigenvalue weighted by molar-refractivity contribution is 0.0955. The van der Waals surface area contributed by atoms with Crippen LogP contribution in [0.15, 0.2) is 18.2 Å². The number of benzene rings is 1. The van der Waals surface area contributed by atoms with Crippen LogP contribution in [0.3, 0.4) is 0 Å². The lowest BCUT2D eigenvalue weighted by Gasteiger charge is -2.07. The summed E-state index contributed by atoms with van der Waals surface area (Å²) in [5.41, 5.74) is 0.614. The van der Waals surface area contributed by atoms with E-state index in [4.69, 9.17) is 16.7 Å². The lowest BCUT2D eigenvalue weighted by atomic mass is 10.2. The fourth-order valence-corrected chi connectivity index (χ4v) is 2.81. The zero-order valence-corrected chi connectivity index (χ0v) is 13.5. The van der Waals surface area contributed by atoms with Crippen molar-refractivity contribution in [3.63, 3.8) is 0 Å². The predicted octanol–water partition coefficient (Wildman–Crippen LogP) is 2.79. The summed E-state index contributed by atoms with van der Waals surface area (Å²) in [6, 6.07) is 5.27. The third kappa shape index (κ3) is 5.77. The standard InChI is InChI=1S/C12H15ClINO2S/c13-9-2-3-11(14)10(8-9)12(17)15-4-7-18-6-1-5-16/h2-3,8,16H,1,4-7H2,(H,15,17). The summed E-state index contributed by atoms with van der Waals surface area (Å²) >= 11 is 9.71. The Hall–Kier alpha value is 0.0200. The Morgan fingerprint density at radius 1 is 1.44 bits per heavy atom. The van der Waals surface area contributed by atoms with Crippen LogP contribution >= 0.6 is 46.0 Å². The fraction of sp³-hybridized carbons (Fsp3) is 0.417. The van der Waals surface area contributed by atoms with Gasteiger partial charge >= 0.3 is 0 Å². The van der Waals surface area contributed by atoms with Gasteiger partial charge < -0.3 is 10.4 Å². The SMILES string of the molecule is O=C(NCCSCCCO)c1cc(Cl)ccc1I. The number of rotatable bonds is 7. The zero-order valence-electron chi connectivity index (χ0n) is 9.79. The van der Waals surface area contributed by atoms with Crippen molar-refractivity contribution in [2.24, 2.45) is 0 Å². The maximum absolute atomic E-state index is 11.9. The minimum atomic E-state index is -0.0929. The van der Waals surface area contributed by atoms with Gasteiger partial charge in [0.2, 0.25) is 0 Å². The molecule has 0 spiro atoms. The molecule has 3 nitrogen and oxygen atoms in total. The molecule has 6 heteroatoms. The maximum atomic E-state index is 11.9. The first-order chi connectivity index (χ1) is 8.65. The molecule has 0 atom stereocenters. The van der Waals surface area contributed by atoms with Crippen LogP contribution in [0.2, 0.25) is 5.02 Å². The van der Waals surface area contributed by atoms with E-state index in [0.717, 1.165) is 21.5 Å². The Balaban J connectivity index is 2.34. The molecule has 1 aromatic rings. The highest BCUT2D eigenvalue weighted by Crippen LogP contribution is 2.17. The van der Waals surface area contributed by atoms with Crippen LogP contribution in [0.1, 0.15) is 16.8 Å². The van der Waals surface area contributed by atoms with Gasteiger partial charge in [0.1, 0.15) is 0 Å². The Kier molecular flexibility index (Phi) is 8.05. The van der Waals surface area contributed by atoms with Crippen LogP contribution in [0, 0.1) is 3.57 Å². The van der Waals surface area contributed by atoms with Crippen LogP contribution < -0.4 is 5.32 Å². The van der Waals surface area contributed by atoms with E-state index in [9.17, 15) is 4.79 Å². The molecule has 0 heterocycles. The van der Waals surface area contributed by atoms with Gasteiger partial charge in [-0.1, -0.05) is 11.6 Å². The van der Waals surface area contributed by atoms with E-state index in [2.05, 4.69) is 27.9 Å². The largest absolute Gasteiger partial charge is 0.396 e. The van der Waals surface area contributed by atoms with Gasteiger partial charge in [-0.2, -0.15) is 11.8 Å². The number of nitrogens with one attached hydrogen (secondary N) is 1. The Bertz CT molecular complexity index is 404. The second-order valence-corrected chi connectivity index (χ2v) is 6.39. The second-order valence-electron chi connectivity index (χ2n) is 3.57. The highest BCUT2D eigenvalue weighted by molar-refractivity contribution is 14.1. The number of aliphatic hydroxyl groups is 1. The third-order valence-corrected chi connectivity index (χ3v) is 4.40. The van der Waals surface area contributed by atoms with Gasteiger partial charge in [0.05, 0.1) is 5.56 Å².